The molecular weight excluding hydrogens is 468 g/mol. The summed E-state index contributed by atoms with van der Waals surface area (Å²) < 4.78 is 10.3. The predicted molar refractivity (Wildman–Crippen MR) is 144 cm³/mol. The molecule has 1 fully saturated rings. The Balaban J connectivity index is 1.11. The number of para-hydroxylation sites is 1. The monoisotopic (exact) mass is 498 g/mol. The third kappa shape index (κ3) is 5.91. The summed E-state index contributed by atoms with van der Waals surface area (Å²) in [5.74, 6) is 1.61. The number of aryl methyl sites for hydroxylation is 2. The third-order valence-electron chi connectivity index (χ3n) is 6.50. The van der Waals surface area contributed by atoms with Crippen molar-refractivity contribution in [2.45, 2.75) is 26.7 Å². The standard InChI is InChI=1S/C29H30N4O2S/c1-21-7-9-23(10-8-21)19-27-30-29(36-31-27)35-25-13-11-24(12-14-25)20-28(34)33-17-15-32(16-18-33)26-6-4-3-5-22(26)2/h3-14H,15-20H2,1-2H3. The Bertz CT molecular complexity index is 1310. The molecule has 184 valence electrons. The number of benzene rings is 3. The summed E-state index contributed by atoms with van der Waals surface area (Å²) in [6, 6.07) is 24.5. The molecule has 7 heteroatoms. The average Bonchev–Trinajstić information content (AvgIpc) is 3.33. The van der Waals surface area contributed by atoms with Crippen molar-refractivity contribution in [3.05, 3.63) is 101 Å². The second kappa shape index (κ2) is 10.9. The van der Waals surface area contributed by atoms with Crippen LogP contribution in [0.1, 0.15) is 28.1 Å². The van der Waals surface area contributed by atoms with Crippen LogP contribution < -0.4 is 9.64 Å². The van der Waals surface area contributed by atoms with Crippen LogP contribution in [0.4, 0.5) is 5.69 Å². The fourth-order valence-electron chi connectivity index (χ4n) is 4.42. The second-order valence-corrected chi connectivity index (χ2v) is 9.93. The molecule has 1 saturated heterocycles. The number of aromatic nitrogens is 2. The van der Waals surface area contributed by atoms with Crippen LogP contribution in [0.2, 0.25) is 0 Å². The van der Waals surface area contributed by atoms with Gasteiger partial charge in [-0.2, -0.15) is 9.36 Å². The Morgan fingerprint density at radius 3 is 2.31 bits per heavy atom. The van der Waals surface area contributed by atoms with Crippen LogP contribution in [-0.4, -0.2) is 46.3 Å². The molecule has 0 radical (unpaired) electrons. The maximum absolute atomic E-state index is 12.9. The Labute approximate surface area is 216 Å². The first-order chi connectivity index (χ1) is 17.5. The van der Waals surface area contributed by atoms with Crippen molar-refractivity contribution in [2.24, 2.45) is 0 Å². The van der Waals surface area contributed by atoms with Crippen molar-refractivity contribution in [3.8, 4) is 10.9 Å². The number of ether oxygens (including phenoxy) is 1. The fraction of sp³-hybridized carbons (Fsp3) is 0.276. The fourth-order valence-corrected chi connectivity index (χ4v) is 4.99. The lowest BCUT2D eigenvalue weighted by Gasteiger charge is -2.37. The number of piperazine rings is 1. The summed E-state index contributed by atoms with van der Waals surface area (Å²) in [6.07, 6.45) is 1.07. The van der Waals surface area contributed by atoms with E-state index in [-0.39, 0.29) is 5.91 Å². The zero-order valence-corrected chi connectivity index (χ0v) is 21.5. The van der Waals surface area contributed by atoms with Crippen LogP contribution in [0.3, 0.4) is 0 Å². The highest BCUT2D eigenvalue weighted by molar-refractivity contribution is 7.07. The van der Waals surface area contributed by atoms with E-state index in [1.165, 1.54) is 33.9 Å². The lowest BCUT2D eigenvalue weighted by molar-refractivity contribution is -0.130. The topological polar surface area (TPSA) is 58.6 Å². The largest absolute Gasteiger partial charge is 0.430 e. The third-order valence-corrected chi connectivity index (χ3v) is 7.14. The number of anilines is 1. The molecular formula is C29H30N4O2S. The number of rotatable bonds is 7. The van der Waals surface area contributed by atoms with Crippen molar-refractivity contribution in [3.63, 3.8) is 0 Å². The smallest absolute Gasteiger partial charge is 0.298 e. The van der Waals surface area contributed by atoms with E-state index in [1.54, 1.807) is 0 Å². The van der Waals surface area contributed by atoms with Crippen LogP contribution in [0.15, 0.2) is 72.8 Å². The number of hydrogen-bond donors (Lipinski definition) is 0. The molecule has 0 aliphatic carbocycles. The van der Waals surface area contributed by atoms with Gasteiger partial charge in [0.05, 0.1) is 6.42 Å². The minimum atomic E-state index is 0.165. The quantitative estimate of drug-likeness (QED) is 0.340. The van der Waals surface area contributed by atoms with Gasteiger partial charge < -0.3 is 14.5 Å². The molecule has 0 atom stereocenters. The maximum atomic E-state index is 12.9. The van der Waals surface area contributed by atoms with Crippen LogP contribution in [0.25, 0.3) is 0 Å². The SMILES string of the molecule is Cc1ccc(Cc2nsc(Oc3ccc(CC(=O)N4CCN(c5ccccc5C)CC4)cc3)n2)cc1. The molecule has 0 saturated carbocycles. The highest BCUT2D eigenvalue weighted by Crippen LogP contribution is 2.25. The molecule has 5 rings (SSSR count). The highest BCUT2D eigenvalue weighted by Gasteiger charge is 2.22. The highest BCUT2D eigenvalue weighted by atomic mass is 32.1. The maximum Gasteiger partial charge on any atom is 0.298 e. The van der Waals surface area contributed by atoms with Gasteiger partial charge in [-0.15, -0.1) is 0 Å². The summed E-state index contributed by atoms with van der Waals surface area (Å²) in [6.45, 7) is 7.42. The summed E-state index contributed by atoms with van der Waals surface area (Å²) in [5.41, 5.74) is 5.93. The van der Waals surface area contributed by atoms with E-state index in [9.17, 15) is 4.79 Å². The van der Waals surface area contributed by atoms with Gasteiger partial charge in [0.1, 0.15) is 5.75 Å². The van der Waals surface area contributed by atoms with Crippen molar-refractivity contribution in [1.29, 1.82) is 0 Å². The van der Waals surface area contributed by atoms with E-state index in [4.69, 9.17) is 4.74 Å². The number of nitrogens with zero attached hydrogens (tertiary/aromatic N) is 4. The molecule has 1 aromatic heterocycles. The van der Waals surface area contributed by atoms with Gasteiger partial charge in [-0.1, -0.05) is 60.2 Å². The number of carbonyl (C=O) groups is 1. The van der Waals surface area contributed by atoms with E-state index >= 15 is 0 Å². The Kier molecular flexibility index (Phi) is 7.28. The first-order valence-electron chi connectivity index (χ1n) is 12.3. The number of carbonyl (C=O) groups excluding carboxylic acids is 1. The first kappa shape index (κ1) is 24.0. The molecule has 1 aliphatic rings. The summed E-state index contributed by atoms with van der Waals surface area (Å²) >= 11 is 1.25. The van der Waals surface area contributed by atoms with Gasteiger partial charge in [0.25, 0.3) is 5.19 Å². The van der Waals surface area contributed by atoms with E-state index in [0.717, 1.165) is 37.6 Å². The molecule has 4 aromatic rings. The van der Waals surface area contributed by atoms with Crippen LogP contribution in [-0.2, 0) is 17.6 Å². The number of amides is 1. The number of hydrogen-bond acceptors (Lipinski definition) is 6. The minimum absolute atomic E-state index is 0.165. The molecule has 2 heterocycles. The van der Waals surface area contributed by atoms with E-state index in [2.05, 4.69) is 76.6 Å². The summed E-state index contributed by atoms with van der Waals surface area (Å²) in [7, 11) is 0. The van der Waals surface area contributed by atoms with Crippen molar-refractivity contribution in [2.75, 3.05) is 31.1 Å². The molecule has 0 bridgehead atoms. The van der Waals surface area contributed by atoms with Gasteiger partial charge in [-0.05, 0) is 48.7 Å². The Morgan fingerprint density at radius 2 is 1.58 bits per heavy atom. The van der Waals surface area contributed by atoms with E-state index in [1.807, 2.05) is 29.2 Å². The second-order valence-electron chi connectivity index (χ2n) is 9.22. The van der Waals surface area contributed by atoms with Gasteiger partial charge >= 0.3 is 0 Å². The molecule has 6 nitrogen and oxygen atoms in total. The van der Waals surface area contributed by atoms with Gasteiger partial charge in [-0.3, -0.25) is 4.79 Å². The summed E-state index contributed by atoms with van der Waals surface area (Å²) in [4.78, 5) is 21.7. The molecule has 0 unspecified atom stereocenters. The zero-order valence-electron chi connectivity index (χ0n) is 20.7. The van der Waals surface area contributed by atoms with Crippen LogP contribution in [0.5, 0.6) is 10.9 Å². The first-order valence-corrected chi connectivity index (χ1v) is 13.0. The van der Waals surface area contributed by atoms with Crippen molar-refractivity contribution in [1.82, 2.24) is 14.3 Å². The molecule has 1 amide bonds. The molecule has 0 spiro atoms. The van der Waals surface area contributed by atoms with Gasteiger partial charge in [0.15, 0.2) is 5.82 Å². The zero-order chi connectivity index (χ0) is 24.9. The lowest BCUT2D eigenvalue weighted by Crippen LogP contribution is -2.49. The van der Waals surface area contributed by atoms with Gasteiger partial charge in [0, 0.05) is 49.8 Å². The Morgan fingerprint density at radius 1 is 0.889 bits per heavy atom. The molecule has 3 aromatic carbocycles. The lowest BCUT2D eigenvalue weighted by atomic mass is 10.1. The predicted octanol–water partition coefficient (Wildman–Crippen LogP) is 5.43. The molecule has 0 N–H and O–H groups in total. The van der Waals surface area contributed by atoms with Gasteiger partial charge in [-0.25, -0.2) is 0 Å². The van der Waals surface area contributed by atoms with Crippen molar-refractivity contribution < 1.29 is 9.53 Å². The van der Waals surface area contributed by atoms with E-state index < -0.39 is 0 Å². The molecule has 36 heavy (non-hydrogen) atoms. The van der Waals surface area contributed by atoms with Crippen LogP contribution >= 0.6 is 11.5 Å². The average molecular weight is 499 g/mol. The van der Waals surface area contributed by atoms with Crippen LogP contribution in [0, 0.1) is 13.8 Å². The normalized spacial score (nSPS) is 13.6. The minimum Gasteiger partial charge on any atom is -0.430 e. The van der Waals surface area contributed by atoms with Gasteiger partial charge in [0.2, 0.25) is 5.91 Å². The van der Waals surface area contributed by atoms with E-state index in [0.29, 0.717) is 23.8 Å². The summed E-state index contributed by atoms with van der Waals surface area (Å²) in [5, 5.41) is 0.521. The van der Waals surface area contributed by atoms with Crippen molar-refractivity contribution >= 4 is 23.1 Å². The molecule has 1 aliphatic heterocycles. The Hall–Kier alpha value is -3.71.